The van der Waals surface area contributed by atoms with Gasteiger partial charge in [-0.25, -0.2) is 8.42 Å². The Kier molecular flexibility index (Phi) is 12.0. The molecule has 0 bridgehead atoms. The molecule has 0 aliphatic carbocycles. The van der Waals surface area contributed by atoms with Gasteiger partial charge in [-0.15, -0.1) is 0 Å². The third kappa shape index (κ3) is 9.62. The SMILES string of the molecule is Cc1cc(OCCCC(=O)NCCCCC(NS(=O)(=O)c2ccccc2-c2ccc(Br)cc2)C(=O)O)ccc1Cl. The van der Waals surface area contributed by atoms with Gasteiger partial charge in [0.1, 0.15) is 11.8 Å². The van der Waals surface area contributed by atoms with Crippen LogP contribution < -0.4 is 14.8 Å². The molecule has 3 N–H and O–H groups in total. The van der Waals surface area contributed by atoms with E-state index in [4.69, 9.17) is 16.3 Å². The number of carbonyl (C=O) groups excluding carboxylic acids is 1. The van der Waals surface area contributed by atoms with Crippen LogP contribution in [0.15, 0.2) is 76.1 Å². The highest BCUT2D eigenvalue weighted by Gasteiger charge is 2.27. The molecule has 8 nitrogen and oxygen atoms in total. The Labute approximate surface area is 248 Å². The molecule has 1 unspecified atom stereocenters. The number of nitrogens with one attached hydrogen (secondary N) is 2. The summed E-state index contributed by atoms with van der Waals surface area (Å²) < 4.78 is 35.2. The summed E-state index contributed by atoms with van der Waals surface area (Å²) in [6, 6.07) is 17.7. The second-order valence-electron chi connectivity index (χ2n) is 9.22. The average molecular weight is 652 g/mol. The third-order valence-corrected chi connectivity index (χ3v) is 8.60. The first-order valence-corrected chi connectivity index (χ1v) is 15.5. The zero-order chi connectivity index (χ0) is 29.1. The Hall–Kier alpha value is -2.92. The molecule has 0 heterocycles. The normalized spacial score (nSPS) is 12.1. The monoisotopic (exact) mass is 650 g/mol. The van der Waals surface area contributed by atoms with Gasteiger partial charge in [-0.2, -0.15) is 4.72 Å². The Morgan fingerprint density at radius 1 is 1.02 bits per heavy atom. The predicted octanol–water partition coefficient (Wildman–Crippen LogP) is 5.96. The van der Waals surface area contributed by atoms with Crippen LogP contribution in [-0.2, 0) is 19.6 Å². The number of carbonyl (C=O) groups is 2. The molecule has 1 atom stereocenters. The molecule has 0 radical (unpaired) electrons. The van der Waals surface area contributed by atoms with Gasteiger partial charge in [-0.3, -0.25) is 9.59 Å². The molecule has 3 aromatic carbocycles. The molecule has 0 aromatic heterocycles. The number of carboxylic acid groups (broad SMARTS) is 1. The standard InChI is InChI=1S/C29H32BrClN2O6S/c1-20-19-23(15-16-25(20)31)39-18-6-10-28(34)32-17-5-4-8-26(29(35)36)33-40(37,38)27-9-3-2-7-24(27)21-11-13-22(30)14-12-21/h2-3,7,9,11-16,19,26,33H,4-6,8,10,17-18H2,1H3,(H,32,34)(H,35,36). The summed E-state index contributed by atoms with van der Waals surface area (Å²) >= 11 is 9.37. The molecule has 3 aromatic rings. The fourth-order valence-corrected chi connectivity index (χ4v) is 5.81. The van der Waals surface area contributed by atoms with Crippen molar-refractivity contribution >= 4 is 49.4 Å². The quantitative estimate of drug-likeness (QED) is 0.175. The maximum atomic E-state index is 13.2. The molecule has 0 fully saturated rings. The second kappa shape index (κ2) is 15.2. The summed E-state index contributed by atoms with van der Waals surface area (Å²) in [5.74, 6) is -0.691. The van der Waals surface area contributed by atoms with Crippen LogP contribution in [0, 0.1) is 6.92 Å². The lowest BCUT2D eigenvalue weighted by Gasteiger charge is -2.17. The fraction of sp³-hybridized carbons (Fsp3) is 0.310. The summed E-state index contributed by atoms with van der Waals surface area (Å²) in [7, 11) is -4.12. The van der Waals surface area contributed by atoms with Crippen LogP contribution in [0.5, 0.6) is 5.75 Å². The van der Waals surface area contributed by atoms with Gasteiger partial charge in [0.2, 0.25) is 15.9 Å². The van der Waals surface area contributed by atoms with Gasteiger partial charge in [0.25, 0.3) is 0 Å². The number of aliphatic carboxylic acids is 1. The topological polar surface area (TPSA) is 122 Å². The maximum absolute atomic E-state index is 13.2. The molecule has 214 valence electrons. The number of unbranched alkanes of at least 4 members (excludes halogenated alkanes) is 1. The molecule has 1 amide bonds. The van der Waals surface area contributed by atoms with Gasteiger partial charge in [0.15, 0.2) is 0 Å². The van der Waals surface area contributed by atoms with Crippen molar-refractivity contribution in [2.45, 2.75) is 50.0 Å². The van der Waals surface area contributed by atoms with Crippen LogP contribution in [0.1, 0.15) is 37.7 Å². The number of rotatable bonds is 15. The van der Waals surface area contributed by atoms with Crippen molar-refractivity contribution in [1.29, 1.82) is 0 Å². The van der Waals surface area contributed by atoms with Crippen molar-refractivity contribution in [3.05, 3.63) is 81.8 Å². The number of aryl methyl sites for hydroxylation is 1. The maximum Gasteiger partial charge on any atom is 0.321 e. The Morgan fingerprint density at radius 2 is 1.75 bits per heavy atom. The summed E-state index contributed by atoms with van der Waals surface area (Å²) in [5.41, 5.74) is 2.09. The van der Waals surface area contributed by atoms with E-state index in [0.29, 0.717) is 60.7 Å². The minimum atomic E-state index is -4.12. The van der Waals surface area contributed by atoms with Crippen molar-refractivity contribution in [2.24, 2.45) is 0 Å². The molecule has 40 heavy (non-hydrogen) atoms. The number of benzene rings is 3. The van der Waals surface area contributed by atoms with Gasteiger partial charge in [0, 0.05) is 28.0 Å². The van der Waals surface area contributed by atoms with Crippen LogP contribution in [-0.4, -0.2) is 44.6 Å². The number of halogens is 2. The summed E-state index contributed by atoms with van der Waals surface area (Å²) in [5, 5.41) is 13.1. The highest BCUT2D eigenvalue weighted by molar-refractivity contribution is 9.10. The largest absolute Gasteiger partial charge is 0.494 e. The molecular formula is C29H32BrClN2O6S. The van der Waals surface area contributed by atoms with Crippen LogP contribution in [0.2, 0.25) is 5.02 Å². The first-order valence-electron chi connectivity index (χ1n) is 12.8. The number of hydrogen-bond acceptors (Lipinski definition) is 5. The molecule has 0 aliphatic rings. The van der Waals surface area contributed by atoms with Crippen LogP contribution in [0.4, 0.5) is 0 Å². The summed E-state index contributed by atoms with van der Waals surface area (Å²) in [6.45, 7) is 2.64. The lowest BCUT2D eigenvalue weighted by atomic mass is 10.1. The predicted molar refractivity (Wildman–Crippen MR) is 159 cm³/mol. The first-order chi connectivity index (χ1) is 19.1. The first kappa shape index (κ1) is 31.6. The molecule has 11 heteroatoms. The fourth-order valence-electron chi connectivity index (χ4n) is 3.97. The smallest absolute Gasteiger partial charge is 0.321 e. The molecule has 0 saturated heterocycles. The van der Waals surface area contributed by atoms with E-state index in [1.54, 1.807) is 54.6 Å². The summed E-state index contributed by atoms with van der Waals surface area (Å²) in [4.78, 5) is 23.9. The zero-order valence-electron chi connectivity index (χ0n) is 22.0. The number of sulfonamides is 1. The van der Waals surface area contributed by atoms with Gasteiger partial charge >= 0.3 is 5.97 Å². The van der Waals surface area contributed by atoms with E-state index < -0.39 is 22.0 Å². The molecule has 0 aliphatic heterocycles. The minimum absolute atomic E-state index is 0.00557. The highest BCUT2D eigenvalue weighted by atomic mass is 79.9. The van der Waals surface area contributed by atoms with Crippen molar-refractivity contribution in [3.8, 4) is 16.9 Å². The van der Waals surface area contributed by atoms with E-state index in [-0.39, 0.29) is 17.2 Å². The number of ether oxygens (including phenoxy) is 1. The van der Waals surface area contributed by atoms with Crippen molar-refractivity contribution in [2.75, 3.05) is 13.2 Å². The van der Waals surface area contributed by atoms with E-state index in [0.717, 1.165) is 10.0 Å². The van der Waals surface area contributed by atoms with E-state index in [2.05, 4.69) is 26.0 Å². The van der Waals surface area contributed by atoms with Gasteiger partial charge < -0.3 is 15.2 Å². The minimum Gasteiger partial charge on any atom is -0.494 e. The van der Waals surface area contributed by atoms with E-state index in [1.165, 1.54) is 6.07 Å². The third-order valence-electron chi connectivity index (χ3n) is 6.12. The van der Waals surface area contributed by atoms with E-state index in [9.17, 15) is 23.1 Å². The van der Waals surface area contributed by atoms with E-state index >= 15 is 0 Å². The molecule has 3 rings (SSSR count). The zero-order valence-corrected chi connectivity index (χ0v) is 25.2. The average Bonchev–Trinajstić information content (AvgIpc) is 2.92. The lowest BCUT2D eigenvalue weighted by Crippen LogP contribution is -2.41. The highest BCUT2D eigenvalue weighted by Crippen LogP contribution is 2.28. The number of carboxylic acids is 1. The molecule has 0 spiro atoms. The Bertz CT molecular complexity index is 1420. The van der Waals surface area contributed by atoms with Gasteiger partial charge in [-0.05, 0) is 80.1 Å². The second-order valence-corrected chi connectivity index (χ2v) is 12.2. The van der Waals surface area contributed by atoms with Crippen LogP contribution in [0.25, 0.3) is 11.1 Å². The number of amides is 1. The van der Waals surface area contributed by atoms with Crippen molar-refractivity contribution in [1.82, 2.24) is 10.0 Å². The van der Waals surface area contributed by atoms with Crippen LogP contribution in [0.3, 0.4) is 0 Å². The van der Waals surface area contributed by atoms with E-state index in [1.807, 2.05) is 13.0 Å². The van der Waals surface area contributed by atoms with Gasteiger partial charge in [0.05, 0.1) is 11.5 Å². The number of hydrogen-bond donors (Lipinski definition) is 3. The summed E-state index contributed by atoms with van der Waals surface area (Å²) in [6.07, 6.45) is 1.83. The molecular weight excluding hydrogens is 620 g/mol. The lowest BCUT2D eigenvalue weighted by molar-refractivity contribution is -0.139. The van der Waals surface area contributed by atoms with Crippen LogP contribution >= 0.6 is 27.5 Å². The van der Waals surface area contributed by atoms with Crippen molar-refractivity contribution in [3.63, 3.8) is 0 Å². The Morgan fingerprint density at radius 3 is 2.45 bits per heavy atom. The van der Waals surface area contributed by atoms with Crippen molar-refractivity contribution < 1.29 is 27.9 Å². The van der Waals surface area contributed by atoms with Gasteiger partial charge in [-0.1, -0.05) is 57.9 Å². The molecule has 0 saturated carbocycles. The Balaban J connectivity index is 1.43.